The minimum atomic E-state index is -1.39. The molecule has 1 aromatic rings. The summed E-state index contributed by atoms with van der Waals surface area (Å²) in [4.78, 5) is 34.9. The molecule has 1 aliphatic rings. The molecule has 1 amide bonds. The summed E-state index contributed by atoms with van der Waals surface area (Å²) >= 11 is 1.59. The van der Waals surface area contributed by atoms with Crippen LogP contribution in [0, 0.1) is 0 Å². The van der Waals surface area contributed by atoms with Crippen molar-refractivity contribution in [3.8, 4) is 0 Å². The Hall–Kier alpha value is -1.89. The smallest absolute Gasteiger partial charge is 0.326 e. The minimum absolute atomic E-state index is 0.374. The highest BCUT2D eigenvalue weighted by atomic mass is 32.1. The molecule has 2 unspecified atom stereocenters. The molecule has 1 aromatic heterocycles. The maximum absolute atomic E-state index is 12.2. The van der Waals surface area contributed by atoms with E-state index >= 15 is 0 Å². The van der Waals surface area contributed by atoms with Crippen LogP contribution in [0.1, 0.15) is 35.6 Å². The topological polar surface area (TPSA) is 104 Å². The van der Waals surface area contributed by atoms with E-state index in [4.69, 9.17) is 10.2 Å². The summed E-state index contributed by atoms with van der Waals surface area (Å²) in [5.41, 5.74) is 0.943. The molecule has 20 heavy (non-hydrogen) atoms. The Labute approximate surface area is 119 Å². The number of carbonyl (C=O) groups excluding carboxylic acids is 1. The fourth-order valence-electron chi connectivity index (χ4n) is 2.41. The van der Waals surface area contributed by atoms with Crippen molar-refractivity contribution in [1.82, 2.24) is 5.32 Å². The van der Waals surface area contributed by atoms with Crippen molar-refractivity contribution in [2.24, 2.45) is 0 Å². The highest BCUT2D eigenvalue weighted by molar-refractivity contribution is 7.10. The van der Waals surface area contributed by atoms with Crippen LogP contribution in [0.3, 0.4) is 0 Å². The third kappa shape index (κ3) is 3.16. The van der Waals surface area contributed by atoms with E-state index in [1.54, 1.807) is 11.3 Å². The molecule has 0 radical (unpaired) electrons. The monoisotopic (exact) mass is 297 g/mol. The number of hydrogen-bond acceptors (Lipinski definition) is 4. The zero-order chi connectivity index (χ0) is 14.7. The second kappa shape index (κ2) is 6.04. The summed E-state index contributed by atoms with van der Waals surface area (Å²) in [6.07, 6.45) is 1.86. The van der Waals surface area contributed by atoms with Gasteiger partial charge in [-0.2, -0.15) is 0 Å². The maximum Gasteiger partial charge on any atom is 0.326 e. The normalized spacial score (nSPS) is 18.9. The first-order valence-corrected chi connectivity index (χ1v) is 7.18. The van der Waals surface area contributed by atoms with Crippen LogP contribution in [0.2, 0.25) is 0 Å². The average molecular weight is 297 g/mol. The summed E-state index contributed by atoms with van der Waals surface area (Å²) in [5.74, 6) is -3.36. The van der Waals surface area contributed by atoms with Crippen LogP contribution in [0.5, 0.6) is 0 Å². The molecule has 1 heterocycles. The van der Waals surface area contributed by atoms with Gasteiger partial charge in [0.05, 0.1) is 12.3 Å². The van der Waals surface area contributed by atoms with Gasteiger partial charge in [-0.25, -0.2) is 4.79 Å². The molecule has 0 fully saturated rings. The van der Waals surface area contributed by atoms with Crippen LogP contribution in [0.25, 0.3) is 0 Å². The Morgan fingerprint density at radius 3 is 2.80 bits per heavy atom. The highest BCUT2D eigenvalue weighted by Crippen LogP contribution is 2.35. The van der Waals surface area contributed by atoms with Crippen LogP contribution in [0.4, 0.5) is 0 Å². The van der Waals surface area contributed by atoms with Crippen molar-refractivity contribution in [3.63, 3.8) is 0 Å². The Morgan fingerprint density at radius 1 is 1.40 bits per heavy atom. The van der Waals surface area contributed by atoms with Gasteiger partial charge >= 0.3 is 11.9 Å². The number of amides is 1. The van der Waals surface area contributed by atoms with Crippen molar-refractivity contribution < 1.29 is 24.6 Å². The van der Waals surface area contributed by atoms with E-state index in [0.717, 1.165) is 23.3 Å². The lowest BCUT2D eigenvalue weighted by Crippen LogP contribution is -2.44. The first-order chi connectivity index (χ1) is 9.49. The molecular weight excluding hydrogens is 282 g/mol. The molecule has 0 spiro atoms. The van der Waals surface area contributed by atoms with Crippen LogP contribution >= 0.6 is 11.3 Å². The number of aliphatic carboxylic acids is 2. The maximum atomic E-state index is 12.2. The lowest BCUT2D eigenvalue weighted by molar-refractivity contribution is -0.147. The van der Waals surface area contributed by atoms with E-state index in [0.29, 0.717) is 6.42 Å². The quantitative estimate of drug-likeness (QED) is 0.758. The standard InChI is InChI=1S/C13H15NO5S/c15-11(16)6-9(13(18)19)14-12(17)8-2-1-3-10-7(8)4-5-20-10/h4-5,8-9H,1-3,6H2,(H,14,17)(H,15,16)(H,18,19). The molecule has 0 aromatic carbocycles. The summed E-state index contributed by atoms with van der Waals surface area (Å²) in [6.45, 7) is 0. The van der Waals surface area contributed by atoms with Gasteiger partial charge in [-0.05, 0) is 36.3 Å². The van der Waals surface area contributed by atoms with Crippen molar-refractivity contribution in [2.75, 3.05) is 0 Å². The Balaban J connectivity index is 2.09. The van der Waals surface area contributed by atoms with E-state index in [2.05, 4.69) is 5.32 Å². The minimum Gasteiger partial charge on any atom is -0.481 e. The number of nitrogens with one attached hydrogen (secondary N) is 1. The molecule has 0 aliphatic heterocycles. The summed E-state index contributed by atoms with van der Waals surface area (Å²) in [7, 11) is 0. The van der Waals surface area contributed by atoms with Crippen LogP contribution in [-0.2, 0) is 20.8 Å². The van der Waals surface area contributed by atoms with Crippen molar-refractivity contribution in [2.45, 2.75) is 37.6 Å². The number of carboxylic acids is 2. The lowest BCUT2D eigenvalue weighted by Gasteiger charge is -2.23. The summed E-state index contributed by atoms with van der Waals surface area (Å²) in [5, 5.41) is 21.9. The number of fused-ring (bicyclic) bond motifs is 1. The largest absolute Gasteiger partial charge is 0.481 e. The molecule has 0 saturated carbocycles. The van der Waals surface area contributed by atoms with Gasteiger partial charge in [0.15, 0.2) is 0 Å². The second-order valence-electron chi connectivity index (χ2n) is 4.74. The molecular formula is C13H15NO5S. The zero-order valence-corrected chi connectivity index (χ0v) is 11.5. The van der Waals surface area contributed by atoms with Gasteiger partial charge in [0.25, 0.3) is 0 Å². The number of rotatable bonds is 5. The summed E-state index contributed by atoms with van der Waals surface area (Å²) < 4.78 is 0. The van der Waals surface area contributed by atoms with Gasteiger partial charge in [-0.15, -0.1) is 11.3 Å². The Morgan fingerprint density at radius 2 is 2.15 bits per heavy atom. The number of thiophene rings is 1. The molecule has 1 aliphatic carbocycles. The van der Waals surface area contributed by atoms with E-state index in [1.165, 1.54) is 0 Å². The molecule has 3 N–H and O–H groups in total. The molecule has 0 bridgehead atoms. The number of carbonyl (C=O) groups is 3. The fourth-order valence-corrected chi connectivity index (χ4v) is 3.39. The number of carboxylic acid groups (broad SMARTS) is 2. The zero-order valence-electron chi connectivity index (χ0n) is 10.7. The molecule has 2 rings (SSSR count). The van der Waals surface area contributed by atoms with E-state index in [1.807, 2.05) is 11.4 Å². The Kier molecular flexibility index (Phi) is 4.39. The molecule has 2 atom stereocenters. The SMILES string of the molecule is O=C(O)CC(NC(=O)C1CCCc2sccc21)C(=O)O. The average Bonchev–Trinajstić information content (AvgIpc) is 2.84. The van der Waals surface area contributed by atoms with Gasteiger partial charge in [-0.1, -0.05) is 0 Å². The van der Waals surface area contributed by atoms with Crippen LogP contribution < -0.4 is 5.32 Å². The van der Waals surface area contributed by atoms with Gasteiger partial charge in [0, 0.05) is 4.88 Å². The van der Waals surface area contributed by atoms with Crippen molar-refractivity contribution in [1.29, 1.82) is 0 Å². The van der Waals surface area contributed by atoms with E-state index in [9.17, 15) is 14.4 Å². The third-order valence-electron chi connectivity index (χ3n) is 3.36. The first kappa shape index (κ1) is 14.5. The predicted octanol–water partition coefficient (Wildman–Crippen LogP) is 1.21. The summed E-state index contributed by atoms with van der Waals surface area (Å²) in [6, 6.07) is 0.500. The van der Waals surface area contributed by atoms with Crippen molar-refractivity contribution in [3.05, 3.63) is 21.9 Å². The van der Waals surface area contributed by atoms with Crippen LogP contribution in [-0.4, -0.2) is 34.1 Å². The fraction of sp³-hybridized carbons (Fsp3) is 0.462. The molecule has 6 nitrogen and oxygen atoms in total. The predicted molar refractivity (Wildman–Crippen MR) is 71.8 cm³/mol. The van der Waals surface area contributed by atoms with Crippen LogP contribution in [0.15, 0.2) is 11.4 Å². The Bertz CT molecular complexity index is 539. The van der Waals surface area contributed by atoms with E-state index in [-0.39, 0.29) is 5.92 Å². The molecule has 108 valence electrons. The lowest BCUT2D eigenvalue weighted by atomic mass is 9.87. The van der Waals surface area contributed by atoms with Crippen molar-refractivity contribution >= 4 is 29.2 Å². The van der Waals surface area contributed by atoms with Gasteiger partial charge in [0.1, 0.15) is 6.04 Å². The molecule has 0 saturated heterocycles. The second-order valence-corrected chi connectivity index (χ2v) is 5.74. The van der Waals surface area contributed by atoms with Gasteiger partial charge in [0.2, 0.25) is 5.91 Å². The van der Waals surface area contributed by atoms with E-state index < -0.39 is 30.3 Å². The number of hydrogen-bond donors (Lipinski definition) is 3. The van der Waals surface area contributed by atoms with Gasteiger partial charge in [-0.3, -0.25) is 9.59 Å². The van der Waals surface area contributed by atoms with Gasteiger partial charge < -0.3 is 15.5 Å². The highest BCUT2D eigenvalue weighted by Gasteiger charge is 2.31. The first-order valence-electron chi connectivity index (χ1n) is 6.30. The number of aryl methyl sites for hydroxylation is 1. The molecule has 7 heteroatoms. The third-order valence-corrected chi connectivity index (χ3v) is 4.36.